The van der Waals surface area contributed by atoms with Crippen LogP contribution in [0.5, 0.6) is 0 Å². The van der Waals surface area contributed by atoms with Crippen LogP contribution in [-0.4, -0.2) is 48.3 Å². The first-order valence-electron chi connectivity index (χ1n) is 4.50. The second-order valence-electron chi connectivity index (χ2n) is 3.43. The first-order chi connectivity index (χ1) is 6.76. The van der Waals surface area contributed by atoms with E-state index < -0.39 is 18.6 Å². The molecule has 90 valence electrons. The average molecular weight is 227 g/mol. The molecule has 0 fully saturated rings. The van der Waals surface area contributed by atoms with Gasteiger partial charge >= 0.3 is 6.18 Å². The van der Waals surface area contributed by atoms with Crippen LogP contribution in [0.15, 0.2) is 0 Å². The predicted molar refractivity (Wildman–Crippen MR) is 50.7 cm³/mol. The van der Waals surface area contributed by atoms with Gasteiger partial charge in [-0.3, -0.25) is 10.3 Å². The highest BCUT2D eigenvalue weighted by Gasteiger charge is 2.31. The summed E-state index contributed by atoms with van der Waals surface area (Å²) in [5.74, 6) is -0.598. The van der Waals surface area contributed by atoms with Gasteiger partial charge in [0.1, 0.15) is 0 Å². The maximum atomic E-state index is 12.1. The van der Waals surface area contributed by atoms with Crippen molar-refractivity contribution in [3.63, 3.8) is 0 Å². The highest BCUT2D eigenvalue weighted by molar-refractivity contribution is 5.79. The Morgan fingerprint density at radius 2 is 2.07 bits per heavy atom. The summed E-state index contributed by atoms with van der Waals surface area (Å²) in [6, 6.07) is 0. The van der Waals surface area contributed by atoms with E-state index >= 15 is 0 Å². The highest BCUT2D eigenvalue weighted by Crippen LogP contribution is 2.17. The third kappa shape index (κ3) is 7.15. The minimum Gasteiger partial charge on any atom is -0.395 e. The van der Waals surface area contributed by atoms with E-state index in [0.29, 0.717) is 0 Å². The number of hydrogen-bond acceptors (Lipinski definition) is 3. The summed E-state index contributed by atoms with van der Waals surface area (Å²) in [7, 11) is 0. The summed E-state index contributed by atoms with van der Waals surface area (Å²) in [5.41, 5.74) is 5.16. The first-order valence-corrected chi connectivity index (χ1v) is 4.50. The molecule has 0 aromatic rings. The Morgan fingerprint density at radius 1 is 1.53 bits per heavy atom. The zero-order valence-corrected chi connectivity index (χ0v) is 8.51. The van der Waals surface area contributed by atoms with E-state index in [1.165, 1.54) is 0 Å². The molecule has 0 amide bonds. The molecule has 0 rings (SSSR count). The van der Waals surface area contributed by atoms with E-state index in [2.05, 4.69) is 0 Å². The third-order valence-electron chi connectivity index (χ3n) is 1.88. The van der Waals surface area contributed by atoms with Crippen LogP contribution in [0.4, 0.5) is 13.2 Å². The van der Waals surface area contributed by atoms with Crippen LogP contribution >= 0.6 is 0 Å². The van der Waals surface area contributed by atoms with Gasteiger partial charge in [0.2, 0.25) is 0 Å². The van der Waals surface area contributed by atoms with E-state index in [0.717, 1.165) is 4.90 Å². The van der Waals surface area contributed by atoms with Crippen molar-refractivity contribution in [3.8, 4) is 0 Å². The van der Waals surface area contributed by atoms with Gasteiger partial charge in [-0.05, 0) is 0 Å². The zero-order chi connectivity index (χ0) is 12.1. The Hall–Kier alpha value is -0.820. The molecule has 0 radical (unpaired) electrons. The van der Waals surface area contributed by atoms with Gasteiger partial charge in [-0.1, -0.05) is 6.92 Å². The molecule has 7 heteroatoms. The van der Waals surface area contributed by atoms with Crippen LogP contribution in [0, 0.1) is 11.3 Å². The SMILES string of the molecule is CC(CN(CCO)CC(F)(F)F)C(=N)N. The van der Waals surface area contributed by atoms with E-state index in [-0.39, 0.29) is 25.5 Å². The van der Waals surface area contributed by atoms with Gasteiger partial charge in [-0.25, -0.2) is 0 Å². The van der Waals surface area contributed by atoms with Crippen molar-refractivity contribution in [2.45, 2.75) is 13.1 Å². The quantitative estimate of drug-likeness (QED) is 0.454. The van der Waals surface area contributed by atoms with Gasteiger partial charge in [-0.15, -0.1) is 0 Å². The average Bonchev–Trinajstić information content (AvgIpc) is 2.00. The summed E-state index contributed by atoms with van der Waals surface area (Å²) in [6.07, 6.45) is -4.30. The highest BCUT2D eigenvalue weighted by atomic mass is 19.4. The van der Waals surface area contributed by atoms with Crippen molar-refractivity contribution in [2.24, 2.45) is 11.7 Å². The summed E-state index contributed by atoms with van der Waals surface area (Å²) < 4.78 is 36.2. The maximum absolute atomic E-state index is 12.1. The topological polar surface area (TPSA) is 73.3 Å². The van der Waals surface area contributed by atoms with E-state index in [4.69, 9.17) is 16.2 Å². The van der Waals surface area contributed by atoms with Crippen molar-refractivity contribution in [3.05, 3.63) is 0 Å². The molecule has 4 N–H and O–H groups in total. The number of aliphatic hydroxyl groups excluding tert-OH is 1. The Balaban J connectivity index is 4.21. The lowest BCUT2D eigenvalue weighted by atomic mass is 10.1. The monoisotopic (exact) mass is 227 g/mol. The summed E-state index contributed by atoms with van der Waals surface area (Å²) in [4.78, 5) is 1.03. The summed E-state index contributed by atoms with van der Waals surface area (Å²) in [6.45, 7) is 0.0848. The number of nitrogens with one attached hydrogen (secondary N) is 1. The molecule has 1 atom stereocenters. The molecular formula is C8H16F3N3O. The fraction of sp³-hybridized carbons (Fsp3) is 0.875. The molecule has 15 heavy (non-hydrogen) atoms. The number of nitrogens with zero attached hydrogens (tertiary/aromatic N) is 1. The van der Waals surface area contributed by atoms with Crippen molar-refractivity contribution in [1.29, 1.82) is 5.41 Å². The van der Waals surface area contributed by atoms with Gasteiger partial charge in [0.05, 0.1) is 19.0 Å². The van der Waals surface area contributed by atoms with Crippen LogP contribution in [0.3, 0.4) is 0 Å². The first kappa shape index (κ1) is 14.2. The number of hydrogen-bond donors (Lipinski definition) is 3. The molecule has 0 aliphatic carbocycles. The normalized spacial score (nSPS) is 14.3. The Labute approximate surface area is 86.4 Å². The summed E-state index contributed by atoms with van der Waals surface area (Å²) in [5, 5.41) is 15.7. The predicted octanol–water partition coefficient (Wildman–Crippen LogP) is 0.415. The fourth-order valence-corrected chi connectivity index (χ4v) is 1.12. The Bertz CT molecular complexity index is 208. The number of alkyl halides is 3. The van der Waals surface area contributed by atoms with Crippen LogP contribution in [0.2, 0.25) is 0 Å². The molecule has 0 aliphatic rings. The zero-order valence-electron chi connectivity index (χ0n) is 8.51. The molecule has 0 aromatic carbocycles. The van der Waals surface area contributed by atoms with Crippen LogP contribution in [-0.2, 0) is 0 Å². The molecule has 0 saturated carbocycles. The number of amidine groups is 1. The fourth-order valence-electron chi connectivity index (χ4n) is 1.12. The second kappa shape index (κ2) is 5.92. The minimum atomic E-state index is -4.30. The van der Waals surface area contributed by atoms with E-state index in [1.54, 1.807) is 6.92 Å². The largest absolute Gasteiger partial charge is 0.401 e. The van der Waals surface area contributed by atoms with Crippen molar-refractivity contribution >= 4 is 5.84 Å². The second-order valence-corrected chi connectivity index (χ2v) is 3.43. The molecule has 0 aliphatic heterocycles. The molecule has 0 heterocycles. The van der Waals surface area contributed by atoms with Gasteiger partial charge < -0.3 is 10.8 Å². The number of nitrogens with two attached hydrogens (primary N) is 1. The summed E-state index contributed by atoms with van der Waals surface area (Å²) >= 11 is 0. The maximum Gasteiger partial charge on any atom is 0.401 e. The molecule has 0 saturated heterocycles. The minimum absolute atomic E-state index is 0.0232. The van der Waals surface area contributed by atoms with Crippen LogP contribution in [0.25, 0.3) is 0 Å². The van der Waals surface area contributed by atoms with Crippen molar-refractivity contribution < 1.29 is 18.3 Å². The van der Waals surface area contributed by atoms with Gasteiger partial charge in [0.25, 0.3) is 0 Å². The van der Waals surface area contributed by atoms with E-state index in [1.807, 2.05) is 0 Å². The Morgan fingerprint density at radius 3 is 2.40 bits per heavy atom. The van der Waals surface area contributed by atoms with Gasteiger partial charge in [-0.2, -0.15) is 13.2 Å². The smallest absolute Gasteiger partial charge is 0.395 e. The van der Waals surface area contributed by atoms with Crippen molar-refractivity contribution in [2.75, 3.05) is 26.2 Å². The molecule has 0 aromatic heterocycles. The lowest BCUT2D eigenvalue weighted by Crippen LogP contribution is -2.41. The third-order valence-corrected chi connectivity index (χ3v) is 1.88. The van der Waals surface area contributed by atoms with Gasteiger partial charge in [0.15, 0.2) is 0 Å². The van der Waals surface area contributed by atoms with Gasteiger partial charge in [0, 0.05) is 19.0 Å². The molecular weight excluding hydrogens is 211 g/mol. The molecule has 1 unspecified atom stereocenters. The van der Waals surface area contributed by atoms with Crippen LogP contribution in [0.1, 0.15) is 6.92 Å². The lowest BCUT2D eigenvalue weighted by Gasteiger charge is -2.25. The standard InChI is InChI=1S/C8H16F3N3O/c1-6(7(12)13)4-14(2-3-15)5-8(9,10)11/h6,15H,2-5H2,1H3,(H3,12,13). The van der Waals surface area contributed by atoms with Crippen molar-refractivity contribution in [1.82, 2.24) is 4.90 Å². The van der Waals surface area contributed by atoms with Crippen LogP contribution < -0.4 is 5.73 Å². The molecule has 0 bridgehead atoms. The number of rotatable bonds is 6. The molecule has 0 spiro atoms. The number of halogens is 3. The van der Waals surface area contributed by atoms with E-state index in [9.17, 15) is 13.2 Å². The molecule has 4 nitrogen and oxygen atoms in total. The number of aliphatic hydroxyl groups is 1. The Kier molecular flexibility index (Phi) is 5.59. The lowest BCUT2D eigenvalue weighted by molar-refractivity contribution is -0.147.